The number of amides is 1. The van der Waals surface area contributed by atoms with Crippen LogP contribution >= 0.6 is 23.4 Å². The number of carbonyl (C=O) groups is 1. The molecule has 1 aromatic heterocycles. The summed E-state index contributed by atoms with van der Waals surface area (Å²) in [6, 6.07) is 14.1. The summed E-state index contributed by atoms with van der Waals surface area (Å²) in [5, 5.41) is 0.739. The van der Waals surface area contributed by atoms with Gasteiger partial charge in [0.05, 0.1) is 26.9 Å². The molecule has 1 amide bonds. The SMILES string of the molecule is C[C@H](Sc1nc2ccccc2c(=O)n1-c1ccccc1Cl)C(N)=O. The number of aromatic nitrogens is 2. The maximum Gasteiger partial charge on any atom is 0.266 e. The zero-order valence-electron chi connectivity index (χ0n) is 12.8. The molecule has 0 fully saturated rings. The first-order valence-electron chi connectivity index (χ1n) is 7.21. The normalized spacial score (nSPS) is 12.2. The molecule has 1 atom stereocenters. The zero-order valence-corrected chi connectivity index (χ0v) is 14.3. The number of hydrogen-bond acceptors (Lipinski definition) is 4. The van der Waals surface area contributed by atoms with Crippen molar-refractivity contribution in [2.24, 2.45) is 5.73 Å². The molecular formula is C17H14ClN3O2S. The fourth-order valence-electron chi connectivity index (χ4n) is 2.25. The van der Waals surface area contributed by atoms with E-state index in [2.05, 4.69) is 4.98 Å². The van der Waals surface area contributed by atoms with Crippen molar-refractivity contribution in [1.82, 2.24) is 9.55 Å². The van der Waals surface area contributed by atoms with Gasteiger partial charge in [0.1, 0.15) is 0 Å². The van der Waals surface area contributed by atoms with Crippen molar-refractivity contribution in [2.45, 2.75) is 17.3 Å². The minimum atomic E-state index is -0.535. The molecule has 0 saturated heterocycles. The van der Waals surface area contributed by atoms with Crippen LogP contribution in [0.2, 0.25) is 5.02 Å². The van der Waals surface area contributed by atoms with Crippen LogP contribution in [0.3, 0.4) is 0 Å². The summed E-state index contributed by atoms with van der Waals surface area (Å²) >= 11 is 7.39. The van der Waals surface area contributed by atoms with Crippen molar-refractivity contribution in [3.63, 3.8) is 0 Å². The van der Waals surface area contributed by atoms with Gasteiger partial charge in [-0.15, -0.1) is 0 Å². The Morgan fingerprint density at radius 1 is 1.21 bits per heavy atom. The van der Waals surface area contributed by atoms with Crippen LogP contribution in [0.1, 0.15) is 6.92 Å². The van der Waals surface area contributed by atoms with Gasteiger partial charge in [0.2, 0.25) is 5.91 Å². The van der Waals surface area contributed by atoms with E-state index in [0.717, 1.165) is 11.8 Å². The Bertz CT molecular complexity index is 987. The fraction of sp³-hybridized carbons (Fsp3) is 0.118. The number of hydrogen-bond donors (Lipinski definition) is 1. The number of rotatable bonds is 4. The first-order chi connectivity index (χ1) is 11.5. The monoisotopic (exact) mass is 359 g/mol. The third-order valence-electron chi connectivity index (χ3n) is 3.52. The van der Waals surface area contributed by atoms with E-state index in [-0.39, 0.29) is 5.56 Å². The Balaban J connectivity index is 2.32. The molecule has 2 N–H and O–H groups in total. The van der Waals surface area contributed by atoms with Gasteiger partial charge < -0.3 is 5.73 Å². The van der Waals surface area contributed by atoms with Gasteiger partial charge in [-0.05, 0) is 31.2 Å². The maximum atomic E-state index is 13.0. The van der Waals surface area contributed by atoms with Crippen molar-refractivity contribution < 1.29 is 4.79 Å². The van der Waals surface area contributed by atoms with E-state index in [1.165, 1.54) is 4.57 Å². The maximum absolute atomic E-state index is 13.0. The van der Waals surface area contributed by atoms with Crippen LogP contribution in [0, 0.1) is 0 Å². The number of para-hydroxylation sites is 2. The minimum absolute atomic E-state index is 0.243. The topological polar surface area (TPSA) is 78.0 Å². The van der Waals surface area contributed by atoms with Gasteiger partial charge >= 0.3 is 0 Å². The summed E-state index contributed by atoms with van der Waals surface area (Å²) in [7, 11) is 0. The lowest BCUT2D eigenvalue weighted by molar-refractivity contribution is -0.117. The second kappa shape index (κ2) is 6.67. The second-order valence-electron chi connectivity index (χ2n) is 5.17. The molecule has 0 bridgehead atoms. The Morgan fingerprint density at radius 3 is 2.58 bits per heavy atom. The summed E-state index contributed by atoms with van der Waals surface area (Å²) in [5.74, 6) is -0.479. The molecule has 3 rings (SSSR count). The average Bonchev–Trinajstić information content (AvgIpc) is 2.56. The first kappa shape index (κ1) is 16.5. The van der Waals surface area contributed by atoms with Gasteiger partial charge in [-0.1, -0.05) is 47.6 Å². The van der Waals surface area contributed by atoms with Gasteiger partial charge in [-0.25, -0.2) is 4.98 Å². The highest BCUT2D eigenvalue weighted by Gasteiger charge is 2.19. The number of fused-ring (bicyclic) bond motifs is 1. The molecule has 0 aliphatic carbocycles. The van der Waals surface area contributed by atoms with E-state index >= 15 is 0 Å². The molecule has 122 valence electrons. The van der Waals surface area contributed by atoms with E-state index in [9.17, 15) is 9.59 Å². The Hall–Kier alpha value is -2.31. The summed E-state index contributed by atoms with van der Waals surface area (Å²) < 4.78 is 1.43. The fourth-order valence-corrected chi connectivity index (χ4v) is 3.34. The number of nitrogens with zero attached hydrogens (tertiary/aromatic N) is 2. The molecule has 1 heterocycles. The Kier molecular flexibility index (Phi) is 4.59. The zero-order chi connectivity index (χ0) is 17.3. The van der Waals surface area contributed by atoms with E-state index in [4.69, 9.17) is 17.3 Å². The Morgan fingerprint density at radius 2 is 1.88 bits per heavy atom. The van der Waals surface area contributed by atoms with E-state index in [1.807, 2.05) is 0 Å². The van der Waals surface area contributed by atoms with Crippen LogP contribution < -0.4 is 11.3 Å². The number of primary amides is 1. The van der Waals surface area contributed by atoms with Crippen LogP contribution in [-0.4, -0.2) is 20.7 Å². The van der Waals surface area contributed by atoms with Crippen molar-refractivity contribution in [3.05, 3.63) is 63.9 Å². The molecule has 0 aliphatic rings. The molecule has 2 aromatic carbocycles. The van der Waals surface area contributed by atoms with Crippen LogP contribution in [0.4, 0.5) is 0 Å². The lowest BCUT2D eigenvalue weighted by Gasteiger charge is -2.15. The number of nitrogens with two attached hydrogens (primary N) is 1. The van der Waals surface area contributed by atoms with Gasteiger partial charge in [0, 0.05) is 0 Å². The summed E-state index contributed by atoms with van der Waals surface area (Å²) in [4.78, 5) is 29.0. The van der Waals surface area contributed by atoms with E-state index in [1.54, 1.807) is 55.5 Å². The van der Waals surface area contributed by atoms with Crippen LogP contribution in [0.5, 0.6) is 0 Å². The molecule has 0 unspecified atom stereocenters. The van der Waals surface area contributed by atoms with Crippen LogP contribution in [0.15, 0.2) is 58.5 Å². The standard InChI is InChI=1S/C17H14ClN3O2S/c1-10(15(19)22)24-17-20-13-8-4-2-6-11(13)16(23)21(17)14-9-5-3-7-12(14)18/h2-10H,1H3,(H2,19,22)/t10-/m0/s1. The quantitative estimate of drug-likeness (QED) is 0.573. The van der Waals surface area contributed by atoms with Crippen molar-refractivity contribution in [3.8, 4) is 5.69 Å². The molecule has 0 aliphatic heterocycles. The molecule has 0 saturated carbocycles. The number of carbonyl (C=O) groups excluding carboxylic acids is 1. The van der Waals surface area contributed by atoms with Crippen molar-refractivity contribution in [2.75, 3.05) is 0 Å². The molecule has 0 spiro atoms. The summed E-state index contributed by atoms with van der Waals surface area (Å²) in [6.45, 7) is 1.67. The summed E-state index contributed by atoms with van der Waals surface area (Å²) in [6.07, 6.45) is 0. The molecule has 0 radical (unpaired) electrons. The molecule has 24 heavy (non-hydrogen) atoms. The summed E-state index contributed by atoms with van der Waals surface area (Å²) in [5.41, 5.74) is 6.18. The van der Waals surface area contributed by atoms with Gasteiger partial charge in [0.15, 0.2) is 5.16 Å². The molecule has 7 heteroatoms. The van der Waals surface area contributed by atoms with E-state index < -0.39 is 11.2 Å². The van der Waals surface area contributed by atoms with Gasteiger partial charge in [-0.3, -0.25) is 14.2 Å². The lowest BCUT2D eigenvalue weighted by Crippen LogP contribution is -2.26. The predicted octanol–water partition coefficient (Wildman–Crippen LogP) is 3.01. The average molecular weight is 360 g/mol. The van der Waals surface area contributed by atoms with Gasteiger partial charge in [0.25, 0.3) is 5.56 Å². The number of benzene rings is 2. The molecule has 5 nitrogen and oxygen atoms in total. The number of thioether (sulfide) groups is 1. The highest BCUT2D eigenvalue weighted by atomic mass is 35.5. The predicted molar refractivity (Wildman–Crippen MR) is 96.9 cm³/mol. The third kappa shape index (κ3) is 3.02. The minimum Gasteiger partial charge on any atom is -0.369 e. The Labute approximate surface area is 147 Å². The second-order valence-corrected chi connectivity index (χ2v) is 6.88. The van der Waals surface area contributed by atoms with Crippen LogP contribution in [0.25, 0.3) is 16.6 Å². The largest absolute Gasteiger partial charge is 0.369 e. The third-order valence-corrected chi connectivity index (χ3v) is 4.91. The first-order valence-corrected chi connectivity index (χ1v) is 8.47. The lowest BCUT2D eigenvalue weighted by atomic mass is 10.2. The van der Waals surface area contributed by atoms with Crippen LogP contribution in [-0.2, 0) is 4.79 Å². The van der Waals surface area contributed by atoms with E-state index in [0.29, 0.717) is 26.8 Å². The highest BCUT2D eigenvalue weighted by molar-refractivity contribution is 8.00. The smallest absolute Gasteiger partial charge is 0.266 e. The number of halogens is 1. The highest BCUT2D eigenvalue weighted by Crippen LogP contribution is 2.27. The molecular weight excluding hydrogens is 346 g/mol. The van der Waals surface area contributed by atoms with Crippen molar-refractivity contribution in [1.29, 1.82) is 0 Å². The van der Waals surface area contributed by atoms with Gasteiger partial charge in [-0.2, -0.15) is 0 Å². The van der Waals surface area contributed by atoms with Crippen molar-refractivity contribution >= 4 is 40.2 Å². The molecule has 3 aromatic rings.